The van der Waals surface area contributed by atoms with Crippen molar-refractivity contribution in [2.24, 2.45) is 0 Å². The molecule has 9 nitrogen and oxygen atoms in total. The van der Waals surface area contributed by atoms with Crippen LogP contribution in [0.15, 0.2) is 30.5 Å². The van der Waals surface area contributed by atoms with Crippen LogP contribution in [0.4, 0.5) is 10.1 Å². The van der Waals surface area contributed by atoms with Gasteiger partial charge < -0.3 is 15.4 Å². The number of nitrogens with zero attached hydrogens (tertiary/aromatic N) is 4. The lowest BCUT2D eigenvalue weighted by Gasteiger charge is -2.05. The predicted molar refractivity (Wildman–Crippen MR) is 79.7 cm³/mol. The molecule has 0 bridgehead atoms. The highest BCUT2D eigenvalue weighted by atomic mass is 32.1. The van der Waals surface area contributed by atoms with Crippen molar-refractivity contribution < 1.29 is 24.3 Å². The fourth-order valence-corrected chi connectivity index (χ4v) is 2.73. The Hall–Kier alpha value is -3.34. The Morgan fingerprint density at radius 1 is 1.25 bits per heavy atom. The standard InChI is InChI=1S/C13H7FN4O5S/c14-10-5-6(1-2-17(10)21)13-11(15-16-24-13)7-3-8(18(22)23)12(20)9(19)4-7/h1-5,19-20H. The molecule has 2 N–H and O–H groups in total. The van der Waals surface area contributed by atoms with Crippen LogP contribution in [0.5, 0.6) is 11.5 Å². The minimum Gasteiger partial charge on any atom is -0.617 e. The van der Waals surface area contributed by atoms with Gasteiger partial charge >= 0.3 is 11.6 Å². The average Bonchev–Trinajstić information content (AvgIpc) is 3.01. The Labute approximate surface area is 136 Å². The second-order valence-electron chi connectivity index (χ2n) is 4.63. The molecule has 2 aromatic heterocycles. The number of hydrogen-bond acceptors (Lipinski definition) is 8. The van der Waals surface area contributed by atoms with E-state index in [-0.39, 0.29) is 16.0 Å². The van der Waals surface area contributed by atoms with Gasteiger partial charge in [0.2, 0.25) is 5.75 Å². The van der Waals surface area contributed by atoms with Gasteiger partial charge in [-0.2, -0.15) is 0 Å². The molecule has 0 saturated carbocycles. The topological polar surface area (TPSA) is 136 Å². The first-order chi connectivity index (χ1) is 11.4. The monoisotopic (exact) mass is 350 g/mol. The zero-order chi connectivity index (χ0) is 17.4. The van der Waals surface area contributed by atoms with Crippen LogP contribution in [0.25, 0.3) is 21.7 Å². The molecule has 0 spiro atoms. The summed E-state index contributed by atoms with van der Waals surface area (Å²) in [4.78, 5) is 10.4. The lowest BCUT2D eigenvalue weighted by Crippen LogP contribution is -2.29. The van der Waals surface area contributed by atoms with Crippen molar-refractivity contribution in [3.8, 4) is 33.2 Å². The summed E-state index contributed by atoms with van der Waals surface area (Å²) >= 11 is 0.883. The van der Waals surface area contributed by atoms with Crippen LogP contribution in [-0.4, -0.2) is 24.7 Å². The molecule has 0 aliphatic rings. The highest BCUT2D eigenvalue weighted by Crippen LogP contribution is 2.41. The number of pyridine rings is 1. The molecule has 24 heavy (non-hydrogen) atoms. The van der Waals surface area contributed by atoms with Gasteiger partial charge in [-0.15, -0.1) is 14.2 Å². The van der Waals surface area contributed by atoms with E-state index in [1.165, 1.54) is 6.07 Å². The van der Waals surface area contributed by atoms with Gasteiger partial charge in [-0.3, -0.25) is 10.1 Å². The molecule has 0 fully saturated rings. The quantitative estimate of drug-likeness (QED) is 0.184. The Morgan fingerprint density at radius 2 is 2.00 bits per heavy atom. The molecular formula is C13H7FN4O5S. The molecular weight excluding hydrogens is 343 g/mol. The average molecular weight is 350 g/mol. The first-order valence-corrected chi connectivity index (χ1v) is 7.08. The number of benzene rings is 1. The minimum atomic E-state index is -1.04. The van der Waals surface area contributed by atoms with E-state index in [1.807, 2.05) is 0 Å². The highest BCUT2D eigenvalue weighted by Gasteiger charge is 2.23. The second-order valence-corrected chi connectivity index (χ2v) is 5.39. The van der Waals surface area contributed by atoms with E-state index in [0.717, 1.165) is 35.9 Å². The summed E-state index contributed by atoms with van der Waals surface area (Å²) in [6, 6.07) is 4.40. The Bertz CT molecular complexity index is 962. The van der Waals surface area contributed by atoms with Crippen LogP contribution in [0.2, 0.25) is 0 Å². The number of halogens is 1. The van der Waals surface area contributed by atoms with Gasteiger partial charge in [0, 0.05) is 23.3 Å². The van der Waals surface area contributed by atoms with Crippen LogP contribution in [0.1, 0.15) is 0 Å². The minimum absolute atomic E-state index is 0.0366. The third-order valence-electron chi connectivity index (χ3n) is 3.16. The third kappa shape index (κ3) is 2.56. The van der Waals surface area contributed by atoms with E-state index < -0.39 is 28.1 Å². The van der Waals surface area contributed by atoms with Crippen LogP contribution in [0, 0.1) is 21.3 Å². The summed E-state index contributed by atoms with van der Waals surface area (Å²) in [5.41, 5.74) is -0.165. The van der Waals surface area contributed by atoms with E-state index in [1.54, 1.807) is 0 Å². The molecule has 0 radical (unpaired) electrons. The Morgan fingerprint density at radius 3 is 2.67 bits per heavy atom. The first kappa shape index (κ1) is 15.6. The molecule has 3 aromatic rings. The maximum absolute atomic E-state index is 13.4. The second kappa shape index (κ2) is 5.70. The van der Waals surface area contributed by atoms with Crippen molar-refractivity contribution in [3.63, 3.8) is 0 Å². The fraction of sp³-hybridized carbons (Fsp3) is 0. The SMILES string of the molecule is O=[N+]([O-])c1cc(-c2nnsc2-c2cc[n+]([O-])c(F)c2)cc(O)c1O. The number of phenolic OH excluding ortho intramolecular Hbond substituents is 2. The lowest BCUT2D eigenvalue weighted by molar-refractivity contribution is -0.637. The number of nitro groups is 1. The van der Waals surface area contributed by atoms with E-state index in [9.17, 15) is 29.9 Å². The van der Waals surface area contributed by atoms with Gasteiger partial charge in [0.25, 0.3) is 0 Å². The fourth-order valence-electron chi connectivity index (χ4n) is 2.05. The number of phenols is 2. The van der Waals surface area contributed by atoms with Crippen LogP contribution < -0.4 is 4.73 Å². The van der Waals surface area contributed by atoms with Crippen molar-refractivity contribution in [1.29, 1.82) is 0 Å². The third-order valence-corrected chi connectivity index (χ3v) is 3.94. The highest BCUT2D eigenvalue weighted by molar-refractivity contribution is 7.09. The van der Waals surface area contributed by atoms with Crippen molar-refractivity contribution >= 4 is 17.2 Å². The number of hydrogen-bond donors (Lipinski definition) is 2. The maximum Gasteiger partial charge on any atom is 0.371 e. The molecule has 122 valence electrons. The van der Waals surface area contributed by atoms with Gasteiger partial charge in [-0.1, -0.05) is 4.49 Å². The van der Waals surface area contributed by atoms with E-state index in [2.05, 4.69) is 9.59 Å². The zero-order valence-corrected chi connectivity index (χ0v) is 12.4. The van der Waals surface area contributed by atoms with E-state index >= 15 is 0 Å². The normalized spacial score (nSPS) is 10.7. The summed E-state index contributed by atoms with van der Waals surface area (Å²) in [6.07, 6.45) is 0.963. The summed E-state index contributed by atoms with van der Waals surface area (Å²) in [7, 11) is 0. The summed E-state index contributed by atoms with van der Waals surface area (Å²) in [5, 5.41) is 45.1. The molecule has 3 rings (SSSR count). The van der Waals surface area contributed by atoms with Crippen molar-refractivity contribution in [2.75, 3.05) is 0 Å². The molecule has 0 aliphatic carbocycles. The van der Waals surface area contributed by atoms with Crippen molar-refractivity contribution in [1.82, 2.24) is 9.59 Å². The van der Waals surface area contributed by atoms with E-state index in [0.29, 0.717) is 10.4 Å². The Balaban J connectivity index is 2.17. The molecule has 0 atom stereocenters. The number of aromatic nitrogens is 3. The largest absolute Gasteiger partial charge is 0.617 e. The molecule has 2 heterocycles. The first-order valence-electron chi connectivity index (χ1n) is 6.30. The van der Waals surface area contributed by atoms with Crippen molar-refractivity contribution in [3.05, 3.63) is 51.7 Å². The van der Waals surface area contributed by atoms with Crippen molar-refractivity contribution in [2.45, 2.75) is 0 Å². The summed E-state index contributed by atoms with van der Waals surface area (Å²) < 4.78 is 17.2. The Kier molecular flexibility index (Phi) is 3.69. The summed E-state index contributed by atoms with van der Waals surface area (Å²) in [5.74, 6) is -2.60. The predicted octanol–water partition coefficient (Wildman–Crippen LogP) is 1.96. The number of nitro benzene ring substituents is 1. The van der Waals surface area contributed by atoms with Crippen LogP contribution in [0.3, 0.4) is 0 Å². The lowest BCUT2D eigenvalue weighted by atomic mass is 10.1. The molecule has 0 aliphatic heterocycles. The zero-order valence-electron chi connectivity index (χ0n) is 11.6. The van der Waals surface area contributed by atoms with Gasteiger partial charge in [-0.05, 0) is 17.6 Å². The number of aromatic hydroxyl groups is 2. The number of rotatable bonds is 3. The van der Waals surface area contributed by atoms with Gasteiger partial charge in [0.15, 0.2) is 11.9 Å². The van der Waals surface area contributed by atoms with E-state index in [4.69, 9.17) is 0 Å². The van der Waals surface area contributed by atoms with Gasteiger partial charge in [0.05, 0.1) is 15.9 Å². The molecule has 11 heteroatoms. The molecule has 0 saturated heterocycles. The van der Waals surface area contributed by atoms with Crippen LogP contribution >= 0.6 is 11.5 Å². The smallest absolute Gasteiger partial charge is 0.371 e. The summed E-state index contributed by atoms with van der Waals surface area (Å²) in [6.45, 7) is 0. The molecule has 0 amide bonds. The maximum atomic E-state index is 13.4. The molecule has 1 aromatic carbocycles. The van der Waals surface area contributed by atoms with Crippen LogP contribution in [-0.2, 0) is 0 Å². The van der Waals surface area contributed by atoms with Gasteiger partial charge in [-0.25, -0.2) is 0 Å². The molecule has 0 unspecified atom stereocenters. The van der Waals surface area contributed by atoms with Gasteiger partial charge in [0.1, 0.15) is 5.69 Å².